The Bertz CT molecular complexity index is 1580. The molecule has 4 heterocycles. The van der Waals surface area contributed by atoms with E-state index in [2.05, 4.69) is 19.8 Å². The number of aromatic nitrogens is 3. The highest BCUT2D eigenvalue weighted by Gasteiger charge is 2.51. The summed E-state index contributed by atoms with van der Waals surface area (Å²) in [5.74, 6) is 2.96. The standard InChI is InChI=1S/C34H36N6O6/c1-2-44-26-14-10-25(11-15-26)40-29(30(31(40)41)45-27-6-4-3-5-7-27)24-8-12-28(13-9-24)46-34-36-32(38-16-20-42-21-17-38)35-33(37-34)39-18-22-43-23-19-39/h3-15,29-30H,2,16-23H2,1H3/t29-,30+/m1/s1. The Kier molecular flexibility index (Phi) is 8.79. The first kappa shape index (κ1) is 29.8. The van der Waals surface area contributed by atoms with Crippen molar-refractivity contribution in [3.63, 3.8) is 0 Å². The SMILES string of the molecule is CCOc1ccc(N2C(=O)[C@@H](Oc3ccccc3)[C@H]2c2ccc(Oc3nc(N4CCOCC4)nc(N4CCOCC4)n3)cc2)cc1. The van der Waals surface area contributed by atoms with E-state index in [0.29, 0.717) is 82.6 Å². The summed E-state index contributed by atoms with van der Waals surface area (Å²) in [6.45, 7) is 7.73. The smallest absolute Gasteiger partial charge is 0.328 e. The van der Waals surface area contributed by atoms with E-state index in [0.717, 1.165) is 17.0 Å². The molecule has 1 aromatic heterocycles. The molecule has 0 radical (unpaired) electrons. The van der Waals surface area contributed by atoms with Crippen molar-refractivity contribution in [2.45, 2.75) is 19.1 Å². The highest BCUT2D eigenvalue weighted by Crippen LogP contribution is 2.42. The summed E-state index contributed by atoms with van der Waals surface area (Å²) in [7, 11) is 0. The third-order valence-electron chi connectivity index (χ3n) is 8.09. The number of carbonyl (C=O) groups is 1. The fourth-order valence-corrected chi connectivity index (χ4v) is 5.73. The molecule has 46 heavy (non-hydrogen) atoms. The van der Waals surface area contributed by atoms with Crippen molar-refractivity contribution in [2.24, 2.45) is 0 Å². The molecular weight excluding hydrogens is 588 g/mol. The number of carbonyl (C=O) groups excluding carboxylic acids is 1. The molecule has 7 rings (SSSR count). The minimum absolute atomic E-state index is 0.116. The number of rotatable bonds is 10. The van der Waals surface area contributed by atoms with E-state index in [1.165, 1.54) is 0 Å². The predicted molar refractivity (Wildman–Crippen MR) is 171 cm³/mol. The summed E-state index contributed by atoms with van der Waals surface area (Å²) in [5.41, 5.74) is 1.67. The fourth-order valence-electron chi connectivity index (χ4n) is 5.73. The number of anilines is 3. The van der Waals surface area contributed by atoms with Gasteiger partial charge in [0.2, 0.25) is 18.0 Å². The lowest BCUT2D eigenvalue weighted by Crippen LogP contribution is -2.61. The number of nitrogens with zero attached hydrogens (tertiary/aromatic N) is 6. The molecule has 0 saturated carbocycles. The molecule has 238 valence electrons. The van der Waals surface area contributed by atoms with Gasteiger partial charge in [-0.25, -0.2) is 0 Å². The van der Waals surface area contributed by atoms with Crippen LogP contribution < -0.4 is 28.9 Å². The molecule has 3 aromatic carbocycles. The minimum Gasteiger partial charge on any atom is -0.494 e. The van der Waals surface area contributed by atoms with Gasteiger partial charge in [0.1, 0.15) is 23.3 Å². The van der Waals surface area contributed by atoms with Gasteiger partial charge in [-0.15, -0.1) is 0 Å². The van der Waals surface area contributed by atoms with Crippen LogP contribution in [0.15, 0.2) is 78.9 Å². The number of morpholine rings is 2. The summed E-state index contributed by atoms with van der Waals surface area (Å²) in [4.78, 5) is 33.5. The Labute approximate surface area is 267 Å². The van der Waals surface area contributed by atoms with Gasteiger partial charge in [0, 0.05) is 31.9 Å². The first-order valence-electron chi connectivity index (χ1n) is 15.6. The lowest BCUT2D eigenvalue weighted by atomic mass is 9.89. The summed E-state index contributed by atoms with van der Waals surface area (Å²) < 4.78 is 29.1. The van der Waals surface area contributed by atoms with Crippen molar-refractivity contribution in [3.8, 4) is 23.3 Å². The maximum absolute atomic E-state index is 13.5. The third kappa shape index (κ3) is 6.40. The molecule has 3 aliphatic rings. The predicted octanol–water partition coefficient (Wildman–Crippen LogP) is 4.27. The Morgan fingerprint density at radius 3 is 1.89 bits per heavy atom. The molecule has 3 aliphatic heterocycles. The van der Waals surface area contributed by atoms with Gasteiger partial charge in [-0.3, -0.25) is 9.69 Å². The highest BCUT2D eigenvalue weighted by molar-refractivity contribution is 6.05. The summed E-state index contributed by atoms with van der Waals surface area (Å²) in [6, 6.07) is 24.4. The largest absolute Gasteiger partial charge is 0.494 e. The van der Waals surface area contributed by atoms with E-state index < -0.39 is 6.10 Å². The zero-order chi connectivity index (χ0) is 31.3. The minimum atomic E-state index is -0.684. The number of amides is 1. The fraction of sp³-hybridized carbons (Fsp3) is 0.353. The molecule has 12 nitrogen and oxygen atoms in total. The van der Waals surface area contributed by atoms with Gasteiger partial charge in [-0.2, -0.15) is 15.0 Å². The molecular formula is C34H36N6O6. The molecule has 0 aliphatic carbocycles. The van der Waals surface area contributed by atoms with Crippen molar-refractivity contribution in [1.29, 1.82) is 0 Å². The molecule has 0 unspecified atom stereocenters. The third-order valence-corrected chi connectivity index (χ3v) is 8.09. The molecule has 4 aromatic rings. The van der Waals surface area contributed by atoms with Crippen LogP contribution in [0.3, 0.4) is 0 Å². The van der Waals surface area contributed by atoms with Gasteiger partial charge in [-0.1, -0.05) is 30.3 Å². The molecule has 3 fully saturated rings. The van der Waals surface area contributed by atoms with Crippen molar-refractivity contribution in [2.75, 3.05) is 73.9 Å². The average Bonchev–Trinajstić information content (AvgIpc) is 3.12. The molecule has 3 saturated heterocycles. The quantitative estimate of drug-likeness (QED) is 0.236. The van der Waals surface area contributed by atoms with Crippen LogP contribution in [0.4, 0.5) is 17.6 Å². The van der Waals surface area contributed by atoms with E-state index in [4.69, 9.17) is 28.7 Å². The zero-order valence-electron chi connectivity index (χ0n) is 25.7. The van der Waals surface area contributed by atoms with E-state index >= 15 is 0 Å². The number of ether oxygens (including phenoxy) is 5. The monoisotopic (exact) mass is 624 g/mol. The normalized spacial score (nSPS) is 19.8. The second-order valence-electron chi connectivity index (χ2n) is 11.0. The van der Waals surface area contributed by atoms with Crippen LogP contribution in [0.2, 0.25) is 0 Å². The van der Waals surface area contributed by atoms with E-state index in [9.17, 15) is 4.79 Å². The van der Waals surface area contributed by atoms with Crippen molar-refractivity contribution in [1.82, 2.24) is 15.0 Å². The Hall–Kier alpha value is -4.94. The van der Waals surface area contributed by atoms with Crippen molar-refractivity contribution >= 4 is 23.5 Å². The van der Waals surface area contributed by atoms with Crippen LogP contribution in [-0.2, 0) is 14.3 Å². The maximum Gasteiger partial charge on any atom is 0.328 e. The average molecular weight is 625 g/mol. The molecule has 0 bridgehead atoms. The number of benzene rings is 3. The van der Waals surface area contributed by atoms with Gasteiger partial charge in [-0.05, 0) is 61.0 Å². The first-order chi connectivity index (χ1) is 22.7. The molecule has 0 N–H and O–H groups in total. The van der Waals surface area contributed by atoms with E-state index in [1.807, 2.05) is 85.8 Å². The number of para-hydroxylation sites is 1. The summed E-state index contributed by atoms with van der Waals surface area (Å²) >= 11 is 0. The van der Waals surface area contributed by atoms with Gasteiger partial charge >= 0.3 is 6.01 Å². The lowest BCUT2D eigenvalue weighted by Gasteiger charge is -2.46. The Balaban J connectivity index is 1.14. The molecule has 12 heteroatoms. The number of β-lactam (4-membered cyclic amide) rings is 1. The molecule has 1 amide bonds. The topological polar surface area (TPSA) is 112 Å². The van der Waals surface area contributed by atoms with Crippen molar-refractivity contribution < 1.29 is 28.5 Å². The van der Waals surface area contributed by atoms with Crippen molar-refractivity contribution in [3.05, 3.63) is 84.4 Å². The molecule has 0 spiro atoms. The van der Waals surface area contributed by atoms with Gasteiger partial charge in [0.15, 0.2) is 0 Å². The van der Waals surface area contributed by atoms with Crippen LogP contribution in [0.25, 0.3) is 0 Å². The zero-order valence-corrected chi connectivity index (χ0v) is 25.7. The molecule has 2 atom stereocenters. The Morgan fingerprint density at radius 2 is 1.30 bits per heavy atom. The van der Waals surface area contributed by atoms with Crippen LogP contribution in [-0.4, -0.2) is 86.2 Å². The summed E-state index contributed by atoms with van der Waals surface area (Å²) in [6.07, 6.45) is -0.684. The Morgan fingerprint density at radius 1 is 0.717 bits per heavy atom. The van der Waals surface area contributed by atoms with Gasteiger partial charge < -0.3 is 33.5 Å². The van der Waals surface area contributed by atoms with E-state index in [1.54, 1.807) is 4.90 Å². The van der Waals surface area contributed by atoms with Crippen LogP contribution in [0, 0.1) is 0 Å². The first-order valence-corrected chi connectivity index (χ1v) is 15.6. The summed E-state index contributed by atoms with van der Waals surface area (Å²) in [5, 5.41) is 0. The van der Waals surface area contributed by atoms with Crippen LogP contribution in [0.5, 0.6) is 23.3 Å². The number of hydrogen-bond donors (Lipinski definition) is 0. The second kappa shape index (κ2) is 13.6. The van der Waals surface area contributed by atoms with Gasteiger partial charge in [0.25, 0.3) is 5.91 Å². The van der Waals surface area contributed by atoms with Crippen LogP contribution >= 0.6 is 0 Å². The number of hydrogen-bond acceptors (Lipinski definition) is 11. The lowest BCUT2D eigenvalue weighted by molar-refractivity contribution is -0.135. The van der Waals surface area contributed by atoms with Gasteiger partial charge in [0.05, 0.1) is 33.0 Å². The maximum atomic E-state index is 13.5. The van der Waals surface area contributed by atoms with E-state index in [-0.39, 0.29) is 18.0 Å². The van der Waals surface area contributed by atoms with Crippen LogP contribution in [0.1, 0.15) is 18.5 Å². The highest BCUT2D eigenvalue weighted by atomic mass is 16.5. The second-order valence-corrected chi connectivity index (χ2v) is 11.0.